The quantitative estimate of drug-likeness (QED) is 0.782. The molecule has 1 aliphatic carbocycles. The third-order valence-corrected chi connectivity index (χ3v) is 3.92. The molecule has 7 heteroatoms. The van der Waals surface area contributed by atoms with Gasteiger partial charge in [0, 0.05) is 5.41 Å². The average molecular weight is 238 g/mol. The molecule has 1 aliphatic heterocycles. The van der Waals surface area contributed by atoms with Crippen molar-refractivity contribution in [1.29, 1.82) is 0 Å². The van der Waals surface area contributed by atoms with Crippen LogP contribution in [0.1, 0.15) is 26.2 Å². The van der Waals surface area contributed by atoms with Gasteiger partial charge in [0.15, 0.2) is 5.54 Å². The molecule has 2 heterocycles. The summed E-state index contributed by atoms with van der Waals surface area (Å²) in [5, 5.41) is 20.2. The third kappa shape index (κ3) is 1.38. The number of aromatic nitrogens is 4. The van der Waals surface area contributed by atoms with Gasteiger partial charge in [-0.1, -0.05) is 0 Å². The number of ether oxygens (including phenoxy) is 1. The molecular formula is C10H14N4O3. The van der Waals surface area contributed by atoms with Crippen molar-refractivity contribution < 1.29 is 14.6 Å². The first-order chi connectivity index (χ1) is 8.06. The maximum absolute atomic E-state index is 11.5. The van der Waals surface area contributed by atoms with E-state index in [1.54, 1.807) is 0 Å². The number of nitrogens with zero attached hydrogens (tertiary/aromatic N) is 4. The second-order valence-electron chi connectivity index (χ2n) is 5.27. The lowest BCUT2D eigenvalue weighted by molar-refractivity contribution is -0.164. The van der Waals surface area contributed by atoms with Crippen LogP contribution in [0, 0.1) is 5.41 Å². The van der Waals surface area contributed by atoms with Crippen molar-refractivity contribution in [2.45, 2.75) is 37.8 Å². The molecule has 2 aliphatic rings. The Morgan fingerprint density at radius 3 is 2.82 bits per heavy atom. The molecule has 0 aromatic carbocycles. The van der Waals surface area contributed by atoms with E-state index >= 15 is 0 Å². The molecule has 1 saturated heterocycles. The molecule has 1 aromatic rings. The van der Waals surface area contributed by atoms with E-state index < -0.39 is 11.5 Å². The molecule has 92 valence electrons. The van der Waals surface area contributed by atoms with E-state index in [9.17, 15) is 9.90 Å². The highest BCUT2D eigenvalue weighted by Gasteiger charge is 2.63. The Morgan fingerprint density at radius 1 is 1.59 bits per heavy atom. The lowest BCUT2D eigenvalue weighted by Crippen LogP contribution is -2.58. The van der Waals surface area contributed by atoms with Gasteiger partial charge in [-0.3, -0.25) is 0 Å². The van der Waals surface area contributed by atoms with Crippen LogP contribution in [0.5, 0.6) is 0 Å². The molecule has 17 heavy (non-hydrogen) atoms. The van der Waals surface area contributed by atoms with E-state index in [2.05, 4.69) is 15.5 Å². The number of tetrazole rings is 1. The van der Waals surface area contributed by atoms with Crippen LogP contribution in [-0.4, -0.2) is 44.0 Å². The number of carbonyl (C=O) groups is 1. The van der Waals surface area contributed by atoms with Crippen LogP contribution in [-0.2, 0) is 15.1 Å². The summed E-state index contributed by atoms with van der Waals surface area (Å²) in [6.07, 6.45) is 3.61. The summed E-state index contributed by atoms with van der Waals surface area (Å²) in [5.74, 6) is -0.866. The summed E-state index contributed by atoms with van der Waals surface area (Å²) in [7, 11) is 0. The third-order valence-electron chi connectivity index (χ3n) is 3.92. The predicted octanol–water partition coefficient (Wildman–Crippen LogP) is 0.0420. The highest BCUT2D eigenvalue weighted by atomic mass is 16.5. The Labute approximate surface area is 97.8 Å². The van der Waals surface area contributed by atoms with E-state index in [1.807, 2.05) is 6.92 Å². The van der Waals surface area contributed by atoms with Gasteiger partial charge in [-0.25, -0.2) is 9.48 Å². The molecule has 1 N–H and O–H groups in total. The van der Waals surface area contributed by atoms with Crippen LogP contribution in [0.25, 0.3) is 0 Å². The normalized spacial score (nSPS) is 40.4. The molecule has 0 radical (unpaired) electrons. The summed E-state index contributed by atoms with van der Waals surface area (Å²) >= 11 is 0. The molecule has 0 amide bonds. The monoisotopic (exact) mass is 238 g/mol. The van der Waals surface area contributed by atoms with Gasteiger partial charge >= 0.3 is 5.97 Å². The van der Waals surface area contributed by atoms with Gasteiger partial charge in [0.2, 0.25) is 0 Å². The zero-order chi connectivity index (χ0) is 12.1. The van der Waals surface area contributed by atoms with Crippen molar-refractivity contribution >= 4 is 5.97 Å². The standard InChI is InChI=1S/C10H14N4O3/c1-7-2-9(5-17-7)3-10(4-9,8(15)16)14-6-11-12-13-14/h6-7H,2-5H2,1H3,(H,15,16). The predicted molar refractivity (Wildman–Crippen MR) is 55.1 cm³/mol. The SMILES string of the molecule is CC1CC2(CO1)CC(C(=O)O)(n1cnnn1)C2. The lowest BCUT2D eigenvalue weighted by atomic mass is 9.56. The first-order valence-corrected chi connectivity index (χ1v) is 5.65. The molecular weight excluding hydrogens is 224 g/mol. The fourth-order valence-electron chi connectivity index (χ4n) is 3.25. The zero-order valence-corrected chi connectivity index (χ0v) is 9.54. The molecule has 2 fully saturated rings. The zero-order valence-electron chi connectivity index (χ0n) is 9.54. The fourth-order valence-corrected chi connectivity index (χ4v) is 3.25. The van der Waals surface area contributed by atoms with Crippen molar-refractivity contribution in [1.82, 2.24) is 20.2 Å². The molecule has 1 atom stereocenters. The van der Waals surface area contributed by atoms with Gasteiger partial charge in [0.05, 0.1) is 12.7 Å². The van der Waals surface area contributed by atoms with E-state index in [1.165, 1.54) is 11.0 Å². The van der Waals surface area contributed by atoms with Crippen molar-refractivity contribution in [3.8, 4) is 0 Å². The second kappa shape index (κ2) is 3.25. The van der Waals surface area contributed by atoms with Gasteiger partial charge in [0.25, 0.3) is 0 Å². The summed E-state index contributed by atoms with van der Waals surface area (Å²) in [6, 6.07) is 0. The van der Waals surface area contributed by atoms with E-state index in [-0.39, 0.29) is 11.5 Å². The van der Waals surface area contributed by atoms with E-state index in [4.69, 9.17) is 4.74 Å². The maximum Gasteiger partial charge on any atom is 0.331 e. The fraction of sp³-hybridized carbons (Fsp3) is 0.800. The molecule has 0 bridgehead atoms. The lowest BCUT2D eigenvalue weighted by Gasteiger charge is -2.50. The molecule has 1 unspecified atom stereocenters. The molecule has 1 spiro atoms. The minimum Gasteiger partial charge on any atom is -0.479 e. The number of carboxylic acids is 1. The van der Waals surface area contributed by atoms with Gasteiger partial charge in [-0.05, 0) is 36.6 Å². The first-order valence-electron chi connectivity index (χ1n) is 5.65. The second-order valence-corrected chi connectivity index (χ2v) is 5.27. The molecule has 7 nitrogen and oxygen atoms in total. The van der Waals surface area contributed by atoms with Crippen LogP contribution in [0.2, 0.25) is 0 Å². The largest absolute Gasteiger partial charge is 0.479 e. The Balaban J connectivity index is 1.86. The molecule has 3 rings (SSSR count). The van der Waals surface area contributed by atoms with E-state index in [0.717, 1.165) is 6.42 Å². The van der Waals surface area contributed by atoms with E-state index in [0.29, 0.717) is 19.4 Å². The highest BCUT2D eigenvalue weighted by molar-refractivity contribution is 5.78. The minimum atomic E-state index is -0.975. The summed E-state index contributed by atoms with van der Waals surface area (Å²) in [6.45, 7) is 2.66. The van der Waals surface area contributed by atoms with Crippen LogP contribution in [0.4, 0.5) is 0 Å². The Kier molecular flexibility index (Phi) is 2.04. The van der Waals surface area contributed by atoms with Crippen LogP contribution in [0.15, 0.2) is 6.33 Å². The van der Waals surface area contributed by atoms with Crippen LogP contribution < -0.4 is 0 Å². The number of aliphatic carboxylic acids is 1. The highest BCUT2D eigenvalue weighted by Crippen LogP contribution is 2.58. The van der Waals surface area contributed by atoms with Crippen LogP contribution >= 0.6 is 0 Å². The van der Waals surface area contributed by atoms with Crippen molar-refractivity contribution in [3.05, 3.63) is 6.33 Å². The summed E-state index contributed by atoms with van der Waals surface area (Å²) in [4.78, 5) is 11.5. The van der Waals surface area contributed by atoms with Gasteiger partial charge < -0.3 is 9.84 Å². The Bertz CT molecular complexity index is 438. The Hall–Kier alpha value is -1.50. The van der Waals surface area contributed by atoms with Crippen molar-refractivity contribution in [2.24, 2.45) is 5.41 Å². The number of carboxylic acid groups (broad SMARTS) is 1. The topological polar surface area (TPSA) is 90.1 Å². The van der Waals surface area contributed by atoms with Gasteiger partial charge in [-0.2, -0.15) is 0 Å². The average Bonchev–Trinajstić information content (AvgIpc) is 2.82. The number of rotatable bonds is 2. The van der Waals surface area contributed by atoms with Crippen molar-refractivity contribution in [2.75, 3.05) is 6.61 Å². The smallest absolute Gasteiger partial charge is 0.331 e. The number of hydrogen-bond donors (Lipinski definition) is 1. The van der Waals surface area contributed by atoms with Crippen molar-refractivity contribution in [3.63, 3.8) is 0 Å². The first kappa shape index (κ1) is 10.6. The van der Waals surface area contributed by atoms with Gasteiger partial charge in [-0.15, -0.1) is 5.10 Å². The molecule has 1 saturated carbocycles. The summed E-state index contributed by atoms with van der Waals surface area (Å²) < 4.78 is 6.91. The maximum atomic E-state index is 11.5. The Morgan fingerprint density at radius 2 is 2.35 bits per heavy atom. The number of hydrogen-bond acceptors (Lipinski definition) is 5. The summed E-state index contributed by atoms with van der Waals surface area (Å²) in [5.41, 5.74) is -0.972. The van der Waals surface area contributed by atoms with Gasteiger partial charge in [0.1, 0.15) is 6.33 Å². The van der Waals surface area contributed by atoms with Crippen LogP contribution in [0.3, 0.4) is 0 Å². The molecule has 1 aromatic heterocycles. The minimum absolute atomic E-state index is 0.00373.